The van der Waals surface area contributed by atoms with Crippen molar-refractivity contribution in [3.05, 3.63) is 15.6 Å². The highest BCUT2D eigenvalue weighted by Gasteiger charge is 2.36. The molecule has 17 heavy (non-hydrogen) atoms. The summed E-state index contributed by atoms with van der Waals surface area (Å²) in [5.74, 6) is -0.315. The Hall–Kier alpha value is -0.940. The maximum atomic E-state index is 11.0. The van der Waals surface area contributed by atoms with Gasteiger partial charge in [-0.05, 0) is 25.7 Å². The second kappa shape index (κ2) is 4.38. The standard InChI is InChI=1S/C12H18N2O2S/c1-7-4-3-5-12(13,6-7)11-14-8(2)9(17-11)10(15)16/h7H,3-6,13H2,1-2H3,(H,15,16). The van der Waals surface area contributed by atoms with Crippen LogP contribution in [0.25, 0.3) is 0 Å². The van der Waals surface area contributed by atoms with Crippen LogP contribution in [0.1, 0.15) is 53.0 Å². The number of nitrogens with zero attached hydrogens (tertiary/aromatic N) is 1. The van der Waals surface area contributed by atoms with Crippen molar-refractivity contribution >= 4 is 17.3 Å². The van der Waals surface area contributed by atoms with Gasteiger partial charge >= 0.3 is 5.97 Å². The van der Waals surface area contributed by atoms with Crippen LogP contribution in [0.3, 0.4) is 0 Å². The number of carbonyl (C=O) groups is 1. The van der Waals surface area contributed by atoms with E-state index in [0.29, 0.717) is 16.5 Å². The topological polar surface area (TPSA) is 76.2 Å². The van der Waals surface area contributed by atoms with E-state index in [9.17, 15) is 4.79 Å². The maximum Gasteiger partial charge on any atom is 0.347 e. The summed E-state index contributed by atoms with van der Waals surface area (Å²) < 4.78 is 0. The van der Waals surface area contributed by atoms with Crippen molar-refractivity contribution in [3.63, 3.8) is 0 Å². The van der Waals surface area contributed by atoms with Gasteiger partial charge in [0.05, 0.1) is 11.2 Å². The third kappa shape index (κ3) is 2.35. The van der Waals surface area contributed by atoms with Gasteiger partial charge in [-0.25, -0.2) is 9.78 Å². The number of aromatic nitrogens is 1. The first-order valence-electron chi connectivity index (χ1n) is 5.92. The van der Waals surface area contributed by atoms with Gasteiger partial charge in [0.1, 0.15) is 9.88 Å². The zero-order chi connectivity index (χ0) is 12.6. The molecule has 2 atom stereocenters. The van der Waals surface area contributed by atoms with Crippen LogP contribution in [0.4, 0.5) is 0 Å². The molecule has 0 saturated heterocycles. The minimum absolute atomic E-state index is 0.322. The van der Waals surface area contributed by atoms with Gasteiger partial charge in [0.15, 0.2) is 0 Å². The highest BCUT2D eigenvalue weighted by molar-refractivity contribution is 7.13. The van der Waals surface area contributed by atoms with E-state index in [4.69, 9.17) is 10.8 Å². The first-order valence-corrected chi connectivity index (χ1v) is 6.74. The van der Waals surface area contributed by atoms with Crippen LogP contribution >= 0.6 is 11.3 Å². The molecule has 1 aromatic heterocycles. The molecule has 1 heterocycles. The van der Waals surface area contributed by atoms with Gasteiger partial charge in [0.25, 0.3) is 0 Å². The lowest BCUT2D eigenvalue weighted by Gasteiger charge is -2.35. The van der Waals surface area contributed by atoms with E-state index in [1.54, 1.807) is 6.92 Å². The third-order valence-corrected chi connectivity index (χ3v) is 4.81. The number of aromatic carboxylic acids is 1. The Balaban J connectivity index is 2.33. The Bertz CT molecular complexity index is 444. The molecule has 5 heteroatoms. The van der Waals surface area contributed by atoms with Crippen molar-refractivity contribution in [1.29, 1.82) is 0 Å². The maximum absolute atomic E-state index is 11.0. The fourth-order valence-corrected chi connectivity index (χ4v) is 3.64. The molecule has 0 amide bonds. The molecule has 2 unspecified atom stereocenters. The van der Waals surface area contributed by atoms with Gasteiger partial charge in [-0.1, -0.05) is 19.8 Å². The molecule has 0 radical (unpaired) electrons. The molecule has 3 N–H and O–H groups in total. The first-order chi connectivity index (χ1) is 7.92. The highest BCUT2D eigenvalue weighted by atomic mass is 32.1. The second-order valence-corrected chi connectivity index (χ2v) is 6.10. The van der Waals surface area contributed by atoms with Crippen LogP contribution in [0.5, 0.6) is 0 Å². The summed E-state index contributed by atoms with van der Waals surface area (Å²) in [6.07, 6.45) is 4.11. The van der Waals surface area contributed by atoms with E-state index in [0.717, 1.165) is 24.3 Å². The Morgan fingerprint density at radius 3 is 2.88 bits per heavy atom. The van der Waals surface area contributed by atoms with Crippen molar-refractivity contribution in [3.8, 4) is 0 Å². The van der Waals surface area contributed by atoms with E-state index < -0.39 is 11.5 Å². The smallest absolute Gasteiger partial charge is 0.347 e. The monoisotopic (exact) mass is 254 g/mol. The molecule has 1 fully saturated rings. The molecular weight excluding hydrogens is 236 g/mol. The average molecular weight is 254 g/mol. The van der Waals surface area contributed by atoms with Gasteiger partial charge in [0.2, 0.25) is 0 Å². The normalized spacial score (nSPS) is 29.2. The van der Waals surface area contributed by atoms with E-state index >= 15 is 0 Å². The van der Waals surface area contributed by atoms with Gasteiger partial charge in [-0.2, -0.15) is 0 Å². The van der Waals surface area contributed by atoms with Crippen LogP contribution < -0.4 is 5.73 Å². The molecule has 1 saturated carbocycles. The van der Waals surface area contributed by atoms with Crippen molar-refractivity contribution in [2.24, 2.45) is 11.7 Å². The Kier molecular flexibility index (Phi) is 3.23. The van der Waals surface area contributed by atoms with Crippen LogP contribution in [-0.4, -0.2) is 16.1 Å². The van der Waals surface area contributed by atoms with E-state index in [-0.39, 0.29) is 0 Å². The predicted octanol–water partition coefficient (Wildman–Crippen LogP) is 2.51. The van der Waals surface area contributed by atoms with Crippen LogP contribution in [-0.2, 0) is 5.54 Å². The summed E-state index contributed by atoms with van der Waals surface area (Å²) >= 11 is 1.24. The van der Waals surface area contributed by atoms with E-state index in [2.05, 4.69) is 11.9 Å². The molecule has 2 rings (SSSR count). The summed E-state index contributed by atoms with van der Waals surface area (Å²) in [5.41, 5.74) is 6.58. The number of thiazole rings is 1. The highest BCUT2D eigenvalue weighted by Crippen LogP contribution is 2.40. The molecule has 0 aliphatic heterocycles. The number of hydrogen-bond acceptors (Lipinski definition) is 4. The van der Waals surface area contributed by atoms with Crippen LogP contribution in [0, 0.1) is 12.8 Å². The summed E-state index contributed by atoms with van der Waals surface area (Å²) in [7, 11) is 0. The van der Waals surface area contributed by atoms with Crippen molar-refractivity contribution < 1.29 is 9.90 Å². The zero-order valence-electron chi connectivity index (χ0n) is 10.2. The predicted molar refractivity (Wildman–Crippen MR) is 67.3 cm³/mol. The zero-order valence-corrected chi connectivity index (χ0v) is 11.0. The van der Waals surface area contributed by atoms with Crippen molar-refractivity contribution in [2.45, 2.75) is 45.1 Å². The summed E-state index contributed by atoms with van der Waals surface area (Å²) in [6.45, 7) is 3.93. The molecule has 94 valence electrons. The van der Waals surface area contributed by atoms with Gasteiger partial charge in [-0.15, -0.1) is 11.3 Å². The minimum atomic E-state index is -0.904. The number of rotatable bonds is 2. The van der Waals surface area contributed by atoms with Crippen molar-refractivity contribution in [2.75, 3.05) is 0 Å². The summed E-state index contributed by atoms with van der Waals surface area (Å²) in [5, 5.41) is 9.83. The fraction of sp³-hybridized carbons (Fsp3) is 0.667. The van der Waals surface area contributed by atoms with Crippen LogP contribution in [0.15, 0.2) is 0 Å². The SMILES string of the molecule is Cc1nc(C2(N)CCCC(C)C2)sc1C(=O)O. The molecular formula is C12H18N2O2S. The number of aryl methyl sites for hydroxylation is 1. The Morgan fingerprint density at radius 2 is 2.35 bits per heavy atom. The second-order valence-electron chi connectivity index (χ2n) is 5.10. The lowest BCUT2D eigenvalue weighted by molar-refractivity contribution is 0.0701. The molecule has 0 spiro atoms. The molecule has 0 aromatic carbocycles. The van der Waals surface area contributed by atoms with Gasteiger partial charge < -0.3 is 10.8 Å². The number of carboxylic acid groups (broad SMARTS) is 1. The average Bonchev–Trinajstić information content (AvgIpc) is 2.60. The third-order valence-electron chi connectivity index (χ3n) is 3.45. The molecule has 0 bridgehead atoms. The fourth-order valence-electron chi connectivity index (χ4n) is 2.59. The number of nitrogens with two attached hydrogens (primary N) is 1. The quantitative estimate of drug-likeness (QED) is 0.850. The van der Waals surface area contributed by atoms with Gasteiger partial charge in [-0.3, -0.25) is 0 Å². The van der Waals surface area contributed by atoms with Crippen molar-refractivity contribution in [1.82, 2.24) is 4.98 Å². The molecule has 1 aliphatic carbocycles. The number of carboxylic acids is 1. The Labute approximate surface area is 105 Å². The minimum Gasteiger partial charge on any atom is -0.477 e. The lowest BCUT2D eigenvalue weighted by Crippen LogP contribution is -2.40. The molecule has 1 aromatic rings. The molecule has 4 nitrogen and oxygen atoms in total. The van der Waals surface area contributed by atoms with E-state index in [1.165, 1.54) is 17.8 Å². The summed E-state index contributed by atoms with van der Waals surface area (Å²) in [6, 6.07) is 0. The first kappa shape index (κ1) is 12.5. The Morgan fingerprint density at radius 1 is 1.65 bits per heavy atom. The number of hydrogen-bond donors (Lipinski definition) is 2. The summed E-state index contributed by atoms with van der Waals surface area (Å²) in [4.78, 5) is 15.7. The van der Waals surface area contributed by atoms with E-state index in [1.807, 2.05) is 0 Å². The van der Waals surface area contributed by atoms with Gasteiger partial charge in [0, 0.05) is 0 Å². The molecule has 1 aliphatic rings. The van der Waals surface area contributed by atoms with Crippen LogP contribution in [0.2, 0.25) is 0 Å². The largest absolute Gasteiger partial charge is 0.477 e. The lowest BCUT2D eigenvalue weighted by atomic mass is 9.77.